The van der Waals surface area contributed by atoms with Crippen molar-refractivity contribution >= 4 is 11.7 Å². The van der Waals surface area contributed by atoms with Gasteiger partial charge in [-0.3, -0.25) is 0 Å². The van der Waals surface area contributed by atoms with Crippen molar-refractivity contribution in [3.8, 4) is 0 Å². The molecular weight excluding hydrogens is 227 g/mol. The predicted molar refractivity (Wildman–Crippen MR) is 57.2 cm³/mol. The molecule has 0 atom stereocenters. The molecule has 1 heterocycles. The maximum absolute atomic E-state index is 12.8. The van der Waals surface area contributed by atoms with Gasteiger partial charge in [-0.25, -0.2) is 14.2 Å². The van der Waals surface area contributed by atoms with Crippen LogP contribution in [0.15, 0.2) is 34.9 Å². The molecule has 0 bridgehead atoms. The Hall–Kier alpha value is -2.37. The number of oxazole rings is 1. The first kappa shape index (κ1) is 11.1. The van der Waals surface area contributed by atoms with Crippen molar-refractivity contribution in [3.05, 3.63) is 47.9 Å². The van der Waals surface area contributed by atoms with Gasteiger partial charge in [-0.1, -0.05) is 6.07 Å². The molecule has 0 aliphatic carbocycles. The van der Waals surface area contributed by atoms with Crippen LogP contribution in [0.4, 0.5) is 10.1 Å². The molecule has 0 saturated heterocycles. The molecule has 6 heteroatoms. The Morgan fingerprint density at radius 3 is 3.00 bits per heavy atom. The van der Waals surface area contributed by atoms with Gasteiger partial charge in [0, 0.05) is 5.69 Å². The molecule has 0 aliphatic heterocycles. The number of nitrogens with zero attached hydrogens (tertiary/aromatic N) is 1. The van der Waals surface area contributed by atoms with E-state index in [9.17, 15) is 9.18 Å². The molecular formula is C11H9FN2O3. The molecule has 0 radical (unpaired) electrons. The maximum atomic E-state index is 12.8. The molecule has 88 valence electrons. The van der Waals surface area contributed by atoms with E-state index in [4.69, 9.17) is 9.52 Å². The number of anilines is 1. The molecule has 2 aromatic rings. The lowest BCUT2D eigenvalue weighted by atomic mass is 10.3. The van der Waals surface area contributed by atoms with Gasteiger partial charge in [-0.2, -0.15) is 0 Å². The maximum Gasteiger partial charge on any atom is 0.373 e. The minimum atomic E-state index is -1.17. The third-order valence-electron chi connectivity index (χ3n) is 2.03. The number of aromatic nitrogens is 1. The SMILES string of the molecule is O=C(O)c1cnc(CNc2cccc(F)c2)o1. The Bertz CT molecular complexity index is 539. The van der Waals surface area contributed by atoms with Crippen LogP contribution in [-0.2, 0) is 6.54 Å². The van der Waals surface area contributed by atoms with Crippen LogP contribution in [0, 0.1) is 5.82 Å². The molecule has 0 unspecified atom stereocenters. The van der Waals surface area contributed by atoms with E-state index in [1.165, 1.54) is 12.1 Å². The third-order valence-corrected chi connectivity index (χ3v) is 2.03. The van der Waals surface area contributed by atoms with Crippen LogP contribution in [0.1, 0.15) is 16.4 Å². The number of carbonyl (C=O) groups is 1. The lowest BCUT2D eigenvalue weighted by Crippen LogP contribution is -1.99. The Morgan fingerprint density at radius 1 is 1.53 bits per heavy atom. The number of aromatic carboxylic acids is 1. The van der Waals surface area contributed by atoms with Crippen molar-refractivity contribution in [2.75, 3.05) is 5.32 Å². The molecule has 2 rings (SSSR count). The zero-order chi connectivity index (χ0) is 12.3. The van der Waals surface area contributed by atoms with Gasteiger partial charge in [-0.05, 0) is 18.2 Å². The van der Waals surface area contributed by atoms with Crippen LogP contribution in [0.2, 0.25) is 0 Å². The van der Waals surface area contributed by atoms with Crippen molar-refractivity contribution in [3.63, 3.8) is 0 Å². The Morgan fingerprint density at radius 2 is 2.35 bits per heavy atom. The fourth-order valence-electron chi connectivity index (χ4n) is 1.27. The number of hydrogen-bond acceptors (Lipinski definition) is 4. The Balaban J connectivity index is 2.00. The van der Waals surface area contributed by atoms with Crippen LogP contribution in [0.25, 0.3) is 0 Å². The summed E-state index contributed by atoms with van der Waals surface area (Å²) in [6, 6.07) is 5.90. The van der Waals surface area contributed by atoms with E-state index < -0.39 is 5.97 Å². The van der Waals surface area contributed by atoms with Crippen molar-refractivity contribution in [2.45, 2.75) is 6.54 Å². The molecule has 0 aliphatic rings. The Kier molecular flexibility index (Phi) is 3.04. The summed E-state index contributed by atoms with van der Waals surface area (Å²) >= 11 is 0. The van der Waals surface area contributed by atoms with Gasteiger partial charge >= 0.3 is 5.97 Å². The van der Waals surface area contributed by atoms with E-state index in [1.807, 2.05) is 0 Å². The van der Waals surface area contributed by atoms with Crippen LogP contribution in [-0.4, -0.2) is 16.1 Å². The second kappa shape index (κ2) is 4.65. The number of nitrogens with one attached hydrogen (secondary N) is 1. The second-order valence-corrected chi connectivity index (χ2v) is 3.29. The van der Waals surface area contributed by atoms with E-state index in [2.05, 4.69) is 10.3 Å². The van der Waals surface area contributed by atoms with Gasteiger partial charge in [0.1, 0.15) is 5.82 Å². The normalized spacial score (nSPS) is 10.2. The summed E-state index contributed by atoms with van der Waals surface area (Å²) in [4.78, 5) is 14.3. The van der Waals surface area contributed by atoms with Crippen LogP contribution >= 0.6 is 0 Å². The summed E-state index contributed by atoms with van der Waals surface area (Å²) < 4.78 is 17.8. The van der Waals surface area contributed by atoms with Gasteiger partial charge in [-0.15, -0.1) is 0 Å². The number of hydrogen-bond donors (Lipinski definition) is 2. The van der Waals surface area contributed by atoms with Crippen LogP contribution < -0.4 is 5.32 Å². The molecule has 0 saturated carbocycles. The van der Waals surface area contributed by atoms with Crippen molar-refractivity contribution in [2.24, 2.45) is 0 Å². The number of carboxylic acid groups (broad SMARTS) is 1. The molecule has 5 nitrogen and oxygen atoms in total. The van der Waals surface area contributed by atoms with E-state index in [0.717, 1.165) is 6.20 Å². The number of rotatable bonds is 4. The predicted octanol–water partition coefficient (Wildman–Crippen LogP) is 2.12. The zero-order valence-corrected chi connectivity index (χ0v) is 8.68. The molecule has 0 amide bonds. The fourth-order valence-corrected chi connectivity index (χ4v) is 1.27. The smallest absolute Gasteiger partial charge is 0.373 e. The largest absolute Gasteiger partial charge is 0.475 e. The summed E-state index contributed by atoms with van der Waals surface area (Å²) in [6.07, 6.45) is 1.13. The summed E-state index contributed by atoms with van der Waals surface area (Å²) in [5.41, 5.74) is 0.570. The van der Waals surface area contributed by atoms with Gasteiger partial charge in [0.05, 0.1) is 12.7 Å². The molecule has 1 aromatic carbocycles. The first-order valence-corrected chi connectivity index (χ1v) is 4.82. The van der Waals surface area contributed by atoms with E-state index in [-0.39, 0.29) is 24.0 Å². The van der Waals surface area contributed by atoms with Crippen LogP contribution in [0.5, 0.6) is 0 Å². The van der Waals surface area contributed by atoms with Gasteiger partial charge in [0.15, 0.2) is 0 Å². The highest BCUT2D eigenvalue weighted by Crippen LogP contribution is 2.11. The minimum absolute atomic E-state index is 0.191. The highest BCUT2D eigenvalue weighted by atomic mass is 19.1. The zero-order valence-electron chi connectivity index (χ0n) is 8.68. The fraction of sp³-hybridized carbons (Fsp3) is 0.0909. The standard InChI is InChI=1S/C11H9FN2O3/c12-7-2-1-3-8(4-7)13-6-10-14-5-9(17-10)11(15)16/h1-5,13H,6H2,(H,15,16). The van der Waals surface area contributed by atoms with Gasteiger partial charge in [0.25, 0.3) is 0 Å². The first-order chi connectivity index (χ1) is 8.15. The van der Waals surface area contributed by atoms with E-state index in [1.54, 1.807) is 12.1 Å². The minimum Gasteiger partial charge on any atom is -0.475 e. The third kappa shape index (κ3) is 2.81. The summed E-state index contributed by atoms with van der Waals surface area (Å²) in [6.45, 7) is 0.191. The average Bonchev–Trinajstić information content (AvgIpc) is 2.75. The summed E-state index contributed by atoms with van der Waals surface area (Å²) in [5.74, 6) is -1.52. The molecule has 0 fully saturated rings. The average molecular weight is 236 g/mol. The highest BCUT2D eigenvalue weighted by Gasteiger charge is 2.09. The number of carboxylic acids is 1. The van der Waals surface area contributed by atoms with Crippen molar-refractivity contribution < 1.29 is 18.7 Å². The highest BCUT2D eigenvalue weighted by molar-refractivity contribution is 5.83. The lowest BCUT2D eigenvalue weighted by Gasteiger charge is -2.02. The summed E-state index contributed by atoms with van der Waals surface area (Å²) in [5, 5.41) is 11.5. The first-order valence-electron chi connectivity index (χ1n) is 4.82. The molecule has 1 aromatic heterocycles. The monoisotopic (exact) mass is 236 g/mol. The van der Waals surface area contributed by atoms with Crippen molar-refractivity contribution in [1.29, 1.82) is 0 Å². The second-order valence-electron chi connectivity index (χ2n) is 3.29. The van der Waals surface area contributed by atoms with Gasteiger partial charge < -0.3 is 14.8 Å². The van der Waals surface area contributed by atoms with E-state index in [0.29, 0.717) is 5.69 Å². The molecule has 0 spiro atoms. The number of halogens is 1. The lowest BCUT2D eigenvalue weighted by molar-refractivity contribution is 0.0660. The van der Waals surface area contributed by atoms with Crippen LogP contribution in [0.3, 0.4) is 0 Å². The molecule has 17 heavy (non-hydrogen) atoms. The Labute approximate surface area is 95.9 Å². The molecule has 2 N–H and O–H groups in total. The quantitative estimate of drug-likeness (QED) is 0.850. The topological polar surface area (TPSA) is 75.4 Å². The van der Waals surface area contributed by atoms with Crippen molar-refractivity contribution in [1.82, 2.24) is 4.98 Å². The number of benzene rings is 1. The van der Waals surface area contributed by atoms with Gasteiger partial charge in [0.2, 0.25) is 11.7 Å². The summed E-state index contributed by atoms with van der Waals surface area (Å²) in [7, 11) is 0. The van der Waals surface area contributed by atoms with E-state index >= 15 is 0 Å².